The molecule has 3 heterocycles. The Morgan fingerprint density at radius 1 is 0.612 bits per heavy atom. The van der Waals surface area contributed by atoms with Crippen LogP contribution in [0.1, 0.15) is 72.5 Å². The first-order chi connectivity index (χ1) is 23.7. The minimum absolute atomic E-state index is 0.0424. The highest BCUT2D eigenvalue weighted by Crippen LogP contribution is 2.28. The molecule has 0 saturated carbocycles. The number of ether oxygens (including phenoxy) is 2. The number of halogens is 1. The van der Waals surface area contributed by atoms with Crippen molar-refractivity contribution in [2.75, 3.05) is 13.2 Å². The van der Waals surface area contributed by atoms with E-state index in [1.807, 2.05) is 12.1 Å². The van der Waals surface area contributed by atoms with Gasteiger partial charge in [-0.3, -0.25) is 9.59 Å². The van der Waals surface area contributed by atoms with Crippen LogP contribution >= 0.6 is 11.6 Å². The monoisotopic (exact) mass is 676 g/mol. The average Bonchev–Trinajstić information content (AvgIpc) is 3.85. The number of rotatable bonds is 11. The number of nitrogens with zero attached hydrogens (tertiary/aromatic N) is 6. The summed E-state index contributed by atoms with van der Waals surface area (Å²) < 4.78 is 14.7. The van der Waals surface area contributed by atoms with E-state index in [1.54, 1.807) is 93.6 Å². The number of aromatic nitrogens is 6. The third kappa shape index (κ3) is 6.41. The van der Waals surface area contributed by atoms with Crippen molar-refractivity contribution < 1.29 is 28.7 Å². The van der Waals surface area contributed by atoms with Crippen molar-refractivity contribution >= 4 is 35.1 Å². The molecule has 6 rings (SSSR count). The molecule has 49 heavy (non-hydrogen) atoms. The molecule has 246 valence electrons. The van der Waals surface area contributed by atoms with Crippen molar-refractivity contribution in [1.29, 1.82) is 0 Å². The van der Waals surface area contributed by atoms with Crippen LogP contribution in [0.4, 0.5) is 0 Å². The lowest BCUT2D eigenvalue weighted by atomic mass is 9.97. The summed E-state index contributed by atoms with van der Waals surface area (Å²) in [5.41, 5.74) is 0.829. The Morgan fingerprint density at radius 3 is 1.55 bits per heavy atom. The lowest BCUT2D eigenvalue weighted by Gasteiger charge is -2.06. The van der Waals surface area contributed by atoms with Gasteiger partial charge in [0.25, 0.3) is 0 Å². The zero-order valence-corrected chi connectivity index (χ0v) is 27.4. The van der Waals surface area contributed by atoms with Gasteiger partial charge >= 0.3 is 11.9 Å². The summed E-state index contributed by atoms with van der Waals surface area (Å²) in [6, 6.07) is 24.5. The number of hydrogen-bond donors (Lipinski definition) is 0. The molecule has 0 unspecified atom stereocenters. The largest absolute Gasteiger partial charge is 0.461 e. The molecule has 0 saturated heterocycles. The SMILES string of the molecule is CCOC(=O)c1nn(-c2ccccc2)cc1C(=O)c1nn(-c2ccc(Cl)cc2)c(C)c1C(=O)c1cn(-c2ccccc2)nc1C(=O)OCC. The molecule has 0 atom stereocenters. The van der Waals surface area contributed by atoms with Crippen molar-refractivity contribution in [3.63, 3.8) is 0 Å². The van der Waals surface area contributed by atoms with Crippen LogP contribution in [0, 0.1) is 6.92 Å². The molecule has 0 amide bonds. The molecular weight excluding hydrogens is 648 g/mol. The van der Waals surface area contributed by atoms with Crippen molar-refractivity contribution in [3.8, 4) is 17.1 Å². The van der Waals surface area contributed by atoms with Crippen LogP contribution < -0.4 is 0 Å². The van der Waals surface area contributed by atoms with Crippen LogP contribution in [0.3, 0.4) is 0 Å². The van der Waals surface area contributed by atoms with Gasteiger partial charge in [-0.1, -0.05) is 48.0 Å². The lowest BCUT2D eigenvalue weighted by Crippen LogP contribution is -2.16. The fourth-order valence-corrected chi connectivity index (χ4v) is 5.36. The molecule has 0 aliphatic rings. The molecule has 0 radical (unpaired) electrons. The van der Waals surface area contributed by atoms with Crippen molar-refractivity contribution in [3.05, 3.63) is 142 Å². The third-order valence-electron chi connectivity index (χ3n) is 7.53. The highest BCUT2D eigenvalue weighted by atomic mass is 35.5. The Labute approximate surface area is 285 Å². The topological polar surface area (TPSA) is 140 Å². The Kier molecular flexibility index (Phi) is 9.31. The van der Waals surface area contributed by atoms with Crippen molar-refractivity contribution in [1.82, 2.24) is 29.3 Å². The van der Waals surface area contributed by atoms with Gasteiger partial charge in [-0.05, 0) is 69.3 Å². The molecule has 12 nitrogen and oxygen atoms in total. The molecule has 0 N–H and O–H groups in total. The quantitative estimate of drug-likeness (QED) is 0.119. The van der Waals surface area contributed by atoms with Crippen LogP contribution in [0.25, 0.3) is 17.1 Å². The van der Waals surface area contributed by atoms with E-state index in [0.717, 1.165) is 0 Å². The molecule has 13 heteroatoms. The fourth-order valence-electron chi connectivity index (χ4n) is 5.24. The molecule has 0 bridgehead atoms. The second-order valence-electron chi connectivity index (χ2n) is 10.6. The summed E-state index contributed by atoms with van der Waals surface area (Å²) in [7, 11) is 0. The molecule has 3 aromatic carbocycles. The summed E-state index contributed by atoms with van der Waals surface area (Å²) in [5.74, 6) is -3.11. The molecule has 3 aromatic heterocycles. The first-order valence-electron chi connectivity index (χ1n) is 15.3. The highest BCUT2D eigenvalue weighted by Gasteiger charge is 2.35. The van der Waals surface area contributed by atoms with Gasteiger partial charge in [0.05, 0.1) is 52.7 Å². The van der Waals surface area contributed by atoms with Crippen LogP contribution in [0.5, 0.6) is 0 Å². The van der Waals surface area contributed by atoms with E-state index in [-0.39, 0.29) is 52.7 Å². The maximum Gasteiger partial charge on any atom is 0.359 e. The van der Waals surface area contributed by atoms with Gasteiger partial charge in [0, 0.05) is 17.4 Å². The Hall–Kier alpha value is -6.14. The zero-order chi connectivity index (χ0) is 34.7. The second kappa shape index (κ2) is 13.9. The summed E-state index contributed by atoms with van der Waals surface area (Å²) in [6.07, 6.45) is 2.81. The summed E-state index contributed by atoms with van der Waals surface area (Å²) in [4.78, 5) is 55.4. The van der Waals surface area contributed by atoms with Crippen LogP contribution in [-0.4, -0.2) is 66.1 Å². The number of esters is 2. The van der Waals surface area contributed by atoms with Gasteiger partial charge in [0.15, 0.2) is 11.4 Å². The first-order valence-corrected chi connectivity index (χ1v) is 15.7. The highest BCUT2D eigenvalue weighted by molar-refractivity contribution is 6.30. The van der Waals surface area contributed by atoms with Gasteiger partial charge in [-0.25, -0.2) is 23.6 Å². The number of benzene rings is 3. The molecule has 0 spiro atoms. The Bertz CT molecular complexity index is 2190. The van der Waals surface area contributed by atoms with Crippen LogP contribution in [-0.2, 0) is 9.47 Å². The number of para-hydroxylation sites is 2. The maximum atomic E-state index is 14.6. The Morgan fingerprint density at radius 2 is 1.08 bits per heavy atom. The number of ketones is 2. The number of carbonyl (C=O) groups is 4. The Balaban J connectivity index is 1.56. The molecule has 0 aliphatic heterocycles. The zero-order valence-electron chi connectivity index (χ0n) is 26.7. The van der Waals surface area contributed by atoms with Crippen LogP contribution in [0.2, 0.25) is 5.02 Å². The second-order valence-corrected chi connectivity index (χ2v) is 11.1. The van der Waals surface area contributed by atoms with E-state index in [2.05, 4.69) is 15.3 Å². The van der Waals surface area contributed by atoms with E-state index >= 15 is 0 Å². The molecule has 0 aliphatic carbocycles. The maximum absolute atomic E-state index is 14.6. The first kappa shape index (κ1) is 32.8. The van der Waals surface area contributed by atoms with Gasteiger partial charge in [-0.15, -0.1) is 0 Å². The minimum Gasteiger partial charge on any atom is -0.461 e. The van der Waals surface area contributed by atoms with Crippen molar-refractivity contribution in [2.24, 2.45) is 0 Å². The molecule has 0 fully saturated rings. The van der Waals surface area contributed by atoms with E-state index in [0.29, 0.717) is 22.1 Å². The smallest absolute Gasteiger partial charge is 0.359 e. The summed E-state index contributed by atoms with van der Waals surface area (Å²) >= 11 is 6.14. The summed E-state index contributed by atoms with van der Waals surface area (Å²) in [6.45, 7) is 4.99. The predicted molar refractivity (Wildman–Crippen MR) is 179 cm³/mol. The molecular formula is C36H29ClN6O6. The number of carbonyl (C=O) groups excluding carboxylic acids is 4. The van der Waals surface area contributed by atoms with Gasteiger partial charge in [-0.2, -0.15) is 15.3 Å². The number of hydrogen-bond acceptors (Lipinski definition) is 9. The van der Waals surface area contributed by atoms with Crippen LogP contribution in [0.15, 0.2) is 97.3 Å². The van der Waals surface area contributed by atoms with Crippen molar-refractivity contribution in [2.45, 2.75) is 20.8 Å². The van der Waals surface area contributed by atoms with E-state index in [4.69, 9.17) is 21.1 Å². The van der Waals surface area contributed by atoms with E-state index in [1.165, 1.54) is 26.4 Å². The minimum atomic E-state index is -0.823. The van der Waals surface area contributed by atoms with E-state index in [9.17, 15) is 19.2 Å². The fraction of sp³-hybridized carbons (Fsp3) is 0.139. The standard InChI is InChI=1S/C36H29ClN6O6/c1-4-48-35(46)30-27(20-41(38-30)24-12-8-6-9-13-24)33(44)29-22(3)43(26-18-16-23(37)17-19-26)40-32(29)34(45)28-21-42(25-14-10-7-11-15-25)39-31(28)36(47)49-5-2/h6-21H,4-5H2,1-3H3. The summed E-state index contributed by atoms with van der Waals surface area (Å²) in [5, 5.41) is 13.9. The van der Waals surface area contributed by atoms with Gasteiger partial charge < -0.3 is 9.47 Å². The molecule has 6 aromatic rings. The average molecular weight is 677 g/mol. The van der Waals surface area contributed by atoms with E-state index < -0.39 is 23.5 Å². The predicted octanol–water partition coefficient (Wildman–Crippen LogP) is 6.02. The van der Waals surface area contributed by atoms with Gasteiger partial charge in [0.2, 0.25) is 11.6 Å². The van der Waals surface area contributed by atoms with Gasteiger partial charge in [0.1, 0.15) is 5.69 Å². The third-order valence-corrected chi connectivity index (χ3v) is 7.78. The lowest BCUT2D eigenvalue weighted by molar-refractivity contribution is 0.0507. The normalized spacial score (nSPS) is 10.9.